The monoisotopic (exact) mass is 428 g/mol. The highest BCUT2D eigenvalue weighted by Gasteiger charge is 2.32. The van der Waals surface area contributed by atoms with Crippen LogP contribution in [0.2, 0.25) is 0 Å². The van der Waals surface area contributed by atoms with Crippen molar-refractivity contribution in [3.8, 4) is 16.3 Å². The fourth-order valence-corrected chi connectivity index (χ4v) is 4.34. The molecular weight excluding hydrogens is 412 g/mol. The van der Waals surface area contributed by atoms with Gasteiger partial charge in [0.15, 0.2) is 5.11 Å². The summed E-state index contributed by atoms with van der Waals surface area (Å²) in [5.41, 5.74) is 3.78. The maximum Gasteiger partial charge on any atom is 0.281 e. The minimum Gasteiger partial charge on any atom is -0.327 e. The van der Waals surface area contributed by atoms with Gasteiger partial charge in [0.1, 0.15) is 11.4 Å². The van der Waals surface area contributed by atoms with Gasteiger partial charge in [-0.25, -0.2) is 4.68 Å². The molecule has 0 spiro atoms. The summed E-state index contributed by atoms with van der Waals surface area (Å²) in [6.07, 6.45) is 3.75. The third-order valence-electron chi connectivity index (χ3n) is 4.71. The molecule has 2 aromatic carbocycles. The zero-order chi connectivity index (χ0) is 20.5. The summed E-state index contributed by atoms with van der Waals surface area (Å²) in [5, 5.41) is 10.2. The molecule has 4 aromatic rings. The second-order valence-electron chi connectivity index (χ2n) is 6.65. The lowest BCUT2D eigenvalue weighted by Gasteiger charge is -2.13. The van der Waals surface area contributed by atoms with Crippen LogP contribution in [0, 0.1) is 0 Å². The first-order valence-corrected chi connectivity index (χ1v) is 10.6. The first kappa shape index (κ1) is 18.5. The van der Waals surface area contributed by atoms with Gasteiger partial charge in [0.05, 0.1) is 16.3 Å². The van der Waals surface area contributed by atoms with Gasteiger partial charge in [-0.15, -0.1) is 11.3 Å². The molecule has 5 nitrogen and oxygen atoms in total. The summed E-state index contributed by atoms with van der Waals surface area (Å²) >= 11 is 7.03. The van der Waals surface area contributed by atoms with E-state index in [1.807, 2.05) is 95.1 Å². The number of carbonyl (C=O) groups excluding carboxylic acids is 1. The van der Waals surface area contributed by atoms with Gasteiger partial charge in [0, 0.05) is 11.8 Å². The molecule has 0 atom stereocenters. The zero-order valence-electron chi connectivity index (χ0n) is 15.7. The number of anilines is 1. The number of rotatable bonds is 4. The van der Waals surface area contributed by atoms with Crippen molar-refractivity contribution in [3.63, 3.8) is 0 Å². The van der Waals surface area contributed by atoms with Crippen LogP contribution in [-0.2, 0) is 4.79 Å². The Labute approximate surface area is 182 Å². The second kappa shape index (κ2) is 7.70. The van der Waals surface area contributed by atoms with Gasteiger partial charge < -0.3 is 5.32 Å². The molecule has 5 rings (SSSR count). The minimum atomic E-state index is -0.184. The van der Waals surface area contributed by atoms with E-state index in [1.165, 1.54) is 4.90 Å². The van der Waals surface area contributed by atoms with Crippen molar-refractivity contribution in [2.45, 2.75) is 0 Å². The summed E-state index contributed by atoms with van der Waals surface area (Å²) < 4.78 is 1.83. The molecular formula is C23H16N4OS2. The standard InChI is InChI=1S/C23H16N4OS2/c28-22-19(24-23(29)27(22)18-10-5-2-6-11-18)14-16-15-26(17-8-3-1-4-9-17)25-21(16)20-12-7-13-30-20/h1-15H,(H,24,29)/b19-14+. The first-order valence-electron chi connectivity index (χ1n) is 9.32. The second-order valence-corrected chi connectivity index (χ2v) is 7.99. The van der Waals surface area contributed by atoms with Crippen LogP contribution in [0.25, 0.3) is 22.3 Å². The predicted molar refractivity (Wildman–Crippen MR) is 125 cm³/mol. The van der Waals surface area contributed by atoms with E-state index in [0.717, 1.165) is 27.5 Å². The van der Waals surface area contributed by atoms with E-state index in [1.54, 1.807) is 11.3 Å². The summed E-state index contributed by atoms with van der Waals surface area (Å²) in [6.45, 7) is 0. The topological polar surface area (TPSA) is 50.2 Å². The maximum atomic E-state index is 13.1. The van der Waals surface area contributed by atoms with Crippen molar-refractivity contribution in [1.29, 1.82) is 0 Å². The Morgan fingerprint density at radius 3 is 2.30 bits per heavy atom. The number of thiocarbonyl (C=S) groups is 1. The van der Waals surface area contributed by atoms with Gasteiger partial charge in [0.2, 0.25) is 0 Å². The van der Waals surface area contributed by atoms with Crippen molar-refractivity contribution in [3.05, 3.63) is 95.6 Å². The van der Waals surface area contributed by atoms with E-state index in [0.29, 0.717) is 10.8 Å². The van der Waals surface area contributed by atoms with Crippen LogP contribution in [0.3, 0.4) is 0 Å². The number of nitrogens with one attached hydrogen (secondary N) is 1. The number of hydrogen-bond donors (Lipinski definition) is 1. The Kier molecular flexibility index (Phi) is 4.74. The molecule has 7 heteroatoms. The number of benzene rings is 2. The first-order chi connectivity index (χ1) is 14.7. The van der Waals surface area contributed by atoms with Gasteiger partial charge in [-0.2, -0.15) is 5.10 Å². The Morgan fingerprint density at radius 1 is 0.933 bits per heavy atom. The molecule has 1 fully saturated rings. The lowest BCUT2D eigenvalue weighted by molar-refractivity contribution is -0.113. The number of hydrogen-bond acceptors (Lipinski definition) is 4. The molecule has 146 valence electrons. The van der Waals surface area contributed by atoms with Gasteiger partial charge >= 0.3 is 0 Å². The minimum absolute atomic E-state index is 0.184. The van der Waals surface area contributed by atoms with Crippen molar-refractivity contribution in [2.24, 2.45) is 0 Å². The lowest BCUT2D eigenvalue weighted by atomic mass is 10.2. The quantitative estimate of drug-likeness (QED) is 0.372. The SMILES string of the molecule is O=C1/C(=C\c2cn(-c3ccccc3)nc2-c2cccs2)NC(=S)N1c1ccccc1. The molecule has 0 bridgehead atoms. The fourth-order valence-electron chi connectivity index (χ4n) is 3.31. The molecule has 1 amide bonds. The zero-order valence-corrected chi connectivity index (χ0v) is 17.4. The molecule has 1 N–H and O–H groups in total. The number of nitrogens with zero attached hydrogens (tertiary/aromatic N) is 3. The fraction of sp³-hybridized carbons (Fsp3) is 0. The van der Waals surface area contributed by atoms with Crippen molar-refractivity contribution >= 4 is 46.3 Å². The molecule has 0 radical (unpaired) electrons. The smallest absolute Gasteiger partial charge is 0.281 e. The highest BCUT2D eigenvalue weighted by molar-refractivity contribution is 7.80. The highest BCUT2D eigenvalue weighted by atomic mass is 32.1. The summed E-state index contributed by atoms with van der Waals surface area (Å²) in [6, 6.07) is 23.3. The van der Waals surface area contributed by atoms with E-state index in [9.17, 15) is 4.79 Å². The van der Waals surface area contributed by atoms with Crippen molar-refractivity contribution < 1.29 is 4.79 Å². The highest BCUT2D eigenvalue weighted by Crippen LogP contribution is 2.30. The Bertz CT molecular complexity index is 1250. The molecule has 30 heavy (non-hydrogen) atoms. The normalized spacial score (nSPS) is 15.1. The van der Waals surface area contributed by atoms with Crippen LogP contribution >= 0.6 is 23.6 Å². The Morgan fingerprint density at radius 2 is 1.63 bits per heavy atom. The lowest BCUT2D eigenvalue weighted by Crippen LogP contribution is -2.30. The van der Waals surface area contributed by atoms with Crippen LogP contribution in [0.15, 0.2) is 90.1 Å². The largest absolute Gasteiger partial charge is 0.327 e. The number of para-hydroxylation sites is 2. The maximum absolute atomic E-state index is 13.1. The van der Waals surface area contributed by atoms with E-state index >= 15 is 0 Å². The van der Waals surface area contributed by atoms with Gasteiger partial charge in [-0.05, 0) is 54.0 Å². The van der Waals surface area contributed by atoms with Crippen LogP contribution in [0.4, 0.5) is 5.69 Å². The predicted octanol–water partition coefficient (Wildman–Crippen LogP) is 4.86. The van der Waals surface area contributed by atoms with E-state index in [4.69, 9.17) is 17.3 Å². The van der Waals surface area contributed by atoms with E-state index in [2.05, 4.69) is 5.32 Å². The number of amides is 1. The molecule has 0 saturated carbocycles. The molecule has 2 aromatic heterocycles. The molecule has 0 unspecified atom stereocenters. The molecule has 3 heterocycles. The number of aromatic nitrogens is 2. The molecule has 1 saturated heterocycles. The molecule has 1 aliphatic rings. The summed E-state index contributed by atoms with van der Waals surface area (Å²) in [4.78, 5) is 15.6. The van der Waals surface area contributed by atoms with Gasteiger partial charge in [-0.1, -0.05) is 42.5 Å². The average Bonchev–Trinajstić information content (AvgIpc) is 3.50. The number of thiophene rings is 1. The summed E-state index contributed by atoms with van der Waals surface area (Å²) in [7, 11) is 0. The molecule has 0 aliphatic carbocycles. The average molecular weight is 429 g/mol. The van der Waals surface area contributed by atoms with E-state index < -0.39 is 0 Å². The van der Waals surface area contributed by atoms with Crippen LogP contribution in [-0.4, -0.2) is 20.8 Å². The summed E-state index contributed by atoms with van der Waals surface area (Å²) in [5.74, 6) is -0.184. The van der Waals surface area contributed by atoms with Gasteiger partial charge in [-0.3, -0.25) is 9.69 Å². The Hall–Kier alpha value is -3.55. The number of carbonyl (C=O) groups is 1. The van der Waals surface area contributed by atoms with Crippen LogP contribution < -0.4 is 10.2 Å². The molecule has 1 aliphatic heterocycles. The van der Waals surface area contributed by atoms with Crippen molar-refractivity contribution in [2.75, 3.05) is 4.90 Å². The van der Waals surface area contributed by atoms with Crippen LogP contribution in [0.5, 0.6) is 0 Å². The third-order valence-corrected chi connectivity index (χ3v) is 5.87. The van der Waals surface area contributed by atoms with Crippen molar-refractivity contribution in [1.82, 2.24) is 15.1 Å². The Balaban J connectivity index is 1.57. The van der Waals surface area contributed by atoms with E-state index in [-0.39, 0.29) is 5.91 Å². The van der Waals surface area contributed by atoms with Gasteiger partial charge in [0.25, 0.3) is 5.91 Å². The van der Waals surface area contributed by atoms with Crippen LogP contribution in [0.1, 0.15) is 5.56 Å². The third kappa shape index (κ3) is 3.34.